The van der Waals surface area contributed by atoms with Gasteiger partial charge in [-0.25, -0.2) is 0 Å². The quantitative estimate of drug-likeness (QED) is 0.880. The number of aliphatic hydroxyl groups excluding tert-OH is 1. The van der Waals surface area contributed by atoms with Gasteiger partial charge >= 0.3 is 6.01 Å². The molecule has 1 aliphatic rings. The van der Waals surface area contributed by atoms with Crippen LogP contribution in [0.4, 0.5) is 5.95 Å². The Kier molecular flexibility index (Phi) is 4.42. The minimum Gasteiger partial charge on any atom is -0.467 e. The van der Waals surface area contributed by atoms with Gasteiger partial charge in [-0.15, -0.1) is 0 Å². The number of nitrogens with zero attached hydrogens (tertiary/aromatic N) is 3. The number of hydrogen-bond acceptors (Lipinski definition) is 6. The SMILES string of the molecule is COc1nc(Cl)nc(NC2(CO)CCCC(C)C2)n1. The number of halogens is 1. The first-order chi connectivity index (χ1) is 9.07. The molecule has 2 rings (SSSR count). The second-order valence-corrected chi connectivity index (χ2v) is 5.52. The van der Waals surface area contributed by atoms with Gasteiger partial charge in [0.15, 0.2) is 0 Å². The van der Waals surface area contributed by atoms with E-state index in [4.69, 9.17) is 16.3 Å². The summed E-state index contributed by atoms with van der Waals surface area (Å²) in [5, 5.41) is 13.0. The summed E-state index contributed by atoms with van der Waals surface area (Å²) in [5.74, 6) is 0.910. The van der Waals surface area contributed by atoms with Gasteiger partial charge in [0.25, 0.3) is 0 Å². The van der Waals surface area contributed by atoms with Gasteiger partial charge in [0, 0.05) is 0 Å². The molecule has 0 bridgehead atoms. The summed E-state index contributed by atoms with van der Waals surface area (Å²) in [6.45, 7) is 2.23. The Morgan fingerprint density at radius 2 is 2.26 bits per heavy atom. The fraction of sp³-hybridized carbons (Fsp3) is 0.750. The molecule has 1 aromatic heterocycles. The summed E-state index contributed by atoms with van der Waals surface area (Å²) in [5.41, 5.74) is -0.382. The summed E-state index contributed by atoms with van der Waals surface area (Å²) in [6.07, 6.45) is 4.03. The third kappa shape index (κ3) is 3.45. The van der Waals surface area contributed by atoms with Crippen LogP contribution in [0.1, 0.15) is 32.6 Å². The summed E-state index contributed by atoms with van der Waals surface area (Å²) in [7, 11) is 1.47. The van der Waals surface area contributed by atoms with Gasteiger partial charge in [0.05, 0.1) is 19.3 Å². The van der Waals surface area contributed by atoms with Crippen LogP contribution in [0.15, 0.2) is 0 Å². The van der Waals surface area contributed by atoms with Crippen molar-refractivity contribution in [2.45, 2.75) is 38.1 Å². The van der Waals surface area contributed by atoms with Gasteiger partial charge in [-0.3, -0.25) is 0 Å². The Hall–Kier alpha value is -1.14. The number of nitrogens with one attached hydrogen (secondary N) is 1. The molecule has 0 saturated heterocycles. The van der Waals surface area contributed by atoms with Gasteiger partial charge in [0.1, 0.15) is 0 Å². The molecule has 0 radical (unpaired) electrons. The molecule has 2 N–H and O–H groups in total. The van der Waals surface area contributed by atoms with E-state index in [-0.39, 0.29) is 23.4 Å². The second kappa shape index (κ2) is 5.88. The first-order valence-corrected chi connectivity index (χ1v) is 6.79. The maximum atomic E-state index is 9.72. The van der Waals surface area contributed by atoms with E-state index < -0.39 is 0 Å². The molecule has 0 amide bonds. The molecular formula is C12H19ClN4O2. The molecular weight excluding hydrogens is 268 g/mol. The van der Waals surface area contributed by atoms with Crippen molar-refractivity contribution in [1.29, 1.82) is 0 Å². The Morgan fingerprint density at radius 3 is 2.89 bits per heavy atom. The highest BCUT2D eigenvalue weighted by atomic mass is 35.5. The fourth-order valence-electron chi connectivity index (χ4n) is 2.67. The molecule has 0 aromatic carbocycles. The van der Waals surface area contributed by atoms with Crippen LogP contribution in [-0.4, -0.2) is 39.3 Å². The smallest absolute Gasteiger partial charge is 0.322 e. The van der Waals surface area contributed by atoms with Crippen LogP contribution in [0, 0.1) is 5.92 Å². The largest absolute Gasteiger partial charge is 0.467 e. The number of rotatable bonds is 4. The second-order valence-electron chi connectivity index (χ2n) is 5.18. The van der Waals surface area contributed by atoms with Crippen LogP contribution in [0.2, 0.25) is 5.28 Å². The van der Waals surface area contributed by atoms with E-state index >= 15 is 0 Å². The normalized spacial score (nSPS) is 27.1. The zero-order valence-corrected chi connectivity index (χ0v) is 11.9. The van der Waals surface area contributed by atoms with Gasteiger partial charge in [-0.05, 0) is 30.4 Å². The lowest BCUT2D eigenvalue weighted by Gasteiger charge is -2.39. The molecule has 0 spiro atoms. The number of ether oxygens (including phenoxy) is 1. The minimum atomic E-state index is -0.382. The Balaban J connectivity index is 2.20. The van der Waals surface area contributed by atoms with Crippen LogP contribution in [0.25, 0.3) is 0 Å². The lowest BCUT2D eigenvalue weighted by atomic mass is 9.77. The van der Waals surface area contributed by atoms with Gasteiger partial charge in [-0.2, -0.15) is 15.0 Å². The van der Waals surface area contributed by atoms with E-state index in [0.29, 0.717) is 11.9 Å². The number of aromatic nitrogens is 3. The Labute approximate surface area is 117 Å². The maximum Gasteiger partial charge on any atom is 0.322 e. The average molecular weight is 287 g/mol. The van der Waals surface area contributed by atoms with Gasteiger partial charge < -0.3 is 15.2 Å². The molecule has 6 nitrogen and oxygen atoms in total. The van der Waals surface area contributed by atoms with Crippen molar-refractivity contribution in [2.75, 3.05) is 19.0 Å². The molecule has 1 aliphatic carbocycles. The molecule has 1 aromatic rings. The average Bonchev–Trinajstić information content (AvgIpc) is 2.38. The molecule has 1 saturated carbocycles. The Morgan fingerprint density at radius 1 is 1.47 bits per heavy atom. The summed E-state index contributed by atoms with van der Waals surface area (Å²) in [4.78, 5) is 12.0. The summed E-state index contributed by atoms with van der Waals surface area (Å²) in [6, 6.07) is 0.166. The molecule has 0 aliphatic heterocycles. The number of aliphatic hydroxyl groups is 1. The standard InChI is InChI=1S/C12H19ClN4O2/c1-8-4-3-5-12(6-8,7-18)17-10-14-9(13)15-11(16-10)19-2/h8,18H,3-7H2,1-2H3,(H,14,15,16,17). The van der Waals surface area contributed by atoms with Crippen LogP contribution in [0.3, 0.4) is 0 Å². The predicted octanol–water partition coefficient (Wildman–Crippen LogP) is 1.89. The van der Waals surface area contributed by atoms with Crippen LogP contribution in [0.5, 0.6) is 6.01 Å². The fourth-order valence-corrected chi connectivity index (χ4v) is 2.83. The van der Waals surface area contributed by atoms with Crippen molar-refractivity contribution in [3.63, 3.8) is 0 Å². The maximum absolute atomic E-state index is 9.72. The molecule has 106 valence electrons. The van der Waals surface area contributed by atoms with Crippen LogP contribution in [-0.2, 0) is 0 Å². The number of methoxy groups -OCH3 is 1. The van der Waals surface area contributed by atoms with Crippen molar-refractivity contribution in [2.24, 2.45) is 5.92 Å². The number of anilines is 1. The lowest BCUT2D eigenvalue weighted by molar-refractivity contribution is 0.149. The van der Waals surface area contributed by atoms with Crippen molar-refractivity contribution >= 4 is 17.5 Å². The summed E-state index contributed by atoms with van der Waals surface area (Å²) >= 11 is 5.82. The van der Waals surface area contributed by atoms with Crippen molar-refractivity contribution < 1.29 is 9.84 Å². The molecule has 1 heterocycles. The van der Waals surface area contributed by atoms with E-state index in [1.807, 2.05) is 0 Å². The summed E-state index contributed by atoms with van der Waals surface area (Å²) < 4.78 is 4.96. The molecule has 2 atom stereocenters. The first-order valence-electron chi connectivity index (χ1n) is 6.41. The van der Waals surface area contributed by atoms with E-state index in [1.165, 1.54) is 13.5 Å². The lowest BCUT2D eigenvalue weighted by Crippen LogP contribution is -2.46. The zero-order chi connectivity index (χ0) is 13.9. The molecule has 7 heteroatoms. The first kappa shape index (κ1) is 14.3. The van der Waals surface area contributed by atoms with Gasteiger partial charge in [-0.1, -0.05) is 19.8 Å². The predicted molar refractivity (Wildman–Crippen MR) is 72.5 cm³/mol. The third-order valence-electron chi connectivity index (χ3n) is 3.54. The molecule has 2 unspecified atom stereocenters. The van der Waals surface area contributed by atoms with E-state index in [0.717, 1.165) is 19.3 Å². The molecule has 19 heavy (non-hydrogen) atoms. The number of hydrogen-bond donors (Lipinski definition) is 2. The monoisotopic (exact) mass is 286 g/mol. The topological polar surface area (TPSA) is 80.2 Å². The van der Waals surface area contributed by atoms with Crippen LogP contribution >= 0.6 is 11.6 Å². The van der Waals surface area contributed by atoms with E-state index in [2.05, 4.69) is 27.2 Å². The van der Waals surface area contributed by atoms with Gasteiger partial charge in [0.2, 0.25) is 11.2 Å². The highest BCUT2D eigenvalue weighted by molar-refractivity contribution is 6.28. The van der Waals surface area contributed by atoms with Crippen molar-refractivity contribution in [3.8, 4) is 6.01 Å². The highest BCUT2D eigenvalue weighted by Crippen LogP contribution is 2.34. The Bertz CT molecular complexity index is 446. The third-order valence-corrected chi connectivity index (χ3v) is 3.71. The highest BCUT2D eigenvalue weighted by Gasteiger charge is 2.35. The van der Waals surface area contributed by atoms with E-state index in [1.54, 1.807) is 0 Å². The van der Waals surface area contributed by atoms with Crippen LogP contribution < -0.4 is 10.1 Å². The van der Waals surface area contributed by atoms with Crippen molar-refractivity contribution in [3.05, 3.63) is 5.28 Å². The minimum absolute atomic E-state index is 0.0446. The van der Waals surface area contributed by atoms with E-state index in [9.17, 15) is 5.11 Å². The molecule has 1 fully saturated rings. The van der Waals surface area contributed by atoms with Crippen molar-refractivity contribution in [1.82, 2.24) is 15.0 Å². The zero-order valence-electron chi connectivity index (χ0n) is 11.2.